The van der Waals surface area contributed by atoms with Crippen molar-refractivity contribution in [2.45, 2.75) is 77.3 Å². The van der Waals surface area contributed by atoms with Gasteiger partial charge in [0.2, 0.25) is 12.0 Å². The van der Waals surface area contributed by atoms with Crippen LogP contribution in [0, 0.1) is 20.8 Å². The Balaban J connectivity index is 1.37. The van der Waals surface area contributed by atoms with Gasteiger partial charge in [-0.15, -0.1) is 17.9 Å². The van der Waals surface area contributed by atoms with Crippen molar-refractivity contribution in [1.29, 1.82) is 0 Å². The third kappa shape index (κ3) is 11.9. The molecule has 6 aromatic rings. The fraction of sp³-hybridized carbons (Fsp3) is 0.298. The lowest BCUT2D eigenvalue weighted by Gasteiger charge is -2.25. The predicted molar refractivity (Wildman–Crippen MR) is 253 cm³/mol. The molecular formula is C47H47BrCl2N2O10S2. The molecule has 0 aliphatic rings. The zero-order valence-electron chi connectivity index (χ0n) is 35.9. The number of hydrogen-bond donors (Lipinski definition) is 1. The van der Waals surface area contributed by atoms with Crippen molar-refractivity contribution in [3.05, 3.63) is 133 Å². The van der Waals surface area contributed by atoms with Crippen LogP contribution >= 0.6 is 50.5 Å². The van der Waals surface area contributed by atoms with Gasteiger partial charge in [-0.1, -0.05) is 77.3 Å². The number of nitrogens with zero attached hydrogens (tertiary/aromatic N) is 2. The standard InChI is InChI=1S/C47H47BrCl2N2O10S2/c1-8-20-57-24-33(25-59-64(55,56)34-17-14-27(2)15-18-34)60-42-40(49)28(3)37(29(4)41(42)50)38-39-44(51-26-52-45(39)63-43(38)48)61-36(46(54)62-47(5,6)7)22-31-21-32(53)16-19-35(31)58-23-30-12-10-9-11-13-30/h8-19,21,26,33,36,53H,1,20,22-25H2,2-7H3. The summed E-state index contributed by atoms with van der Waals surface area (Å²) in [5.41, 5.74) is 3.75. The Morgan fingerprint density at radius 1 is 0.938 bits per heavy atom. The molecular weight excluding hydrogens is 967 g/mol. The molecule has 0 fully saturated rings. The molecule has 0 saturated carbocycles. The van der Waals surface area contributed by atoms with Crippen molar-refractivity contribution in [2.75, 3.05) is 19.8 Å². The lowest BCUT2D eigenvalue weighted by atomic mass is 9.95. The van der Waals surface area contributed by atoms with Crippen LogP contribution in [0.2, 0.25) is 10.0 Å². The normalized spacial score (nSPS) is 12.8. The van der Waals surface area contributed by atoms with E-state index in [2.05, 4.69) is 32.5 Å². The number of aryl methyl sites for hydroxylation is 1. The molecule has 338 valence electrons. The fourth-order valence-electron chi connectivity index (χ4n) is 6.59. The first-order chi connectivity index (χ1) is 30.4. The van der Waals surface area contributed by atoms with E-state index in [4.69, 9.17) is 51.1 Å². The molecule has 2 atom stereocenters. The number of benzene rings is 4. The molecule has 0 bridgehead atoms. The average molecular weight is 1010 g/mol. The highest BCUT2D eigenvalue weighted by Gasteiger charge is 2.33. The van der Waals surface area contributed by atoms with Crippen molar-refractivity contribution >= 4 is 76.8 Å². The largest absolute Gasteiger partial charge is 0.508 e. The Morgan fingerprint density at radius 3 is 2.28 bits per heavy atom. The molecule has 0 aliphatic carbocycles. The van der Waals surface area contributed by atoms with Gasteiger partial charge in [-0.25, -0.2) is 14.8 Å². The number of halogens is 3. The van der Waals surface area contributed by atoms with Gasteiger partial charge in [-0.2, -0.15) is 8.42 Å². The number of ether oxygens (including phenoxy) is 5. The van der Waals surface area contributed by atoms with E-state index in [0.29, 0.717) is 47.6 Å². The van der Waals surface area contributed by atoms with Gasteiger partial charge in [-0.05, 0) is 110 Å². The SMILES string of the molecule is C=CCOCC(COS(=O)(=O)c1ccc(C)cc1)Oc1c(Cl)c(C)c(-c2c(Br)sc3ncnc(OC(Cc4cc(O)ccc4OCc4ccccc4)C(=O)OC(C)(C)C)c23)c(C)c1Cl. The van der Waals surface area contributed by atoms with Crippen molar-refractivity contribution in [3.8, 4) is 34.3 Å². The van der Waals surface area contributed by atoms with Crippen LogP contribution in [-0.4, -0.2) is 67.1 Å². The number of aromatic nitrogens is 2. The molecule has 0 radical (unpaired) electrons. The number of carbonyl (C=O) groups is 1. The maximum absolute atomic E-state index is 14.0. The maximum Gasteiger partial charge on any atom is 0.348 e. The lowest BCUT2D eigenvalue weighted by Crippen LogP contribution is -2.37. The Labute approximate surface area is 395 Å². The molecule has 2 heterocycles. The van der Waals surface area contributed by atoms with E-state index in [9.17, 15) is 18.3 Å². The highest BCUT2D eigenvalue weighted by molar-refractivity contribution is 9.11. The second kappa shape index (κ2) is 21.0. The van der Waals surface area contributed by atoms with Gasteiger partial charge in [0.15, 0.2) is 5.75 Å². The van der Waals surface area contributed by atoms with Gasteiger partial charge < -0.3 is 28.8 Å². The Kier molecular flexibility index (Phi) is 16.0. The van der Waals surface area contributed by atoms with Crippen molar-refractivity contribution in [3.63, 3.8) is 0 Å². The van der Waals surface area contributed by atoms with E-state index in [1.165, 1.54) is 41.9 Å². The minimum absolute atomic E-state index is 0.00811. The maximum atomic E-state index is 14.0. The molecule has 0 spiro atoms. The van der Waals surface area contributed by atoms with Gasteiger partial charge >= 0.3 is 5.97 Å². The quantitative estimate of drug-likeness (QED) is 0.0356. The van der Waals surface area contributed by atoms with Crippen molar-refractivity contribution < 1.29 is 46.2 Å². The zero-order valence-corrected chi connectivity index (χ0v) is 40.7. The van der Waals surface area contributed by atoms with E-state index in [-0.39, 0.29) is 58.6 Å². The second-order valence-corrected chi connectivity index (χ2v) is 20.4. The van der Waals surface area contributed by atoms with Crippen LogP contribution in [0.4, 0.5) is 0 Å². The molecule has 12 nitrogen and oxygen atoms in total. The molecule has 0 saturated heterocycles. The summed E-state index contributed by atoms with van der Waals surface area (Å²) in [6.45, 7) is 14.3. The topological polar surface area (TPSA) is 153 Å². The molecule has 1 N–H and O–H groups in total. The summed E-state index contributed by atoms with van der Waals surface area (Å²) in [6, 6.07) is 20.6. The van der Waals surface area contributed by atoms with Crippen LogP contribution in [0.5, 0.6) is 23.1 Å². The van der Waals surface area contributed by atoms with Gasteiger partial charge in [-0.3, -0.25) is 4.18 Å². The van der Waals surface area contributed by atoms with Gasteiger partial charge in [0.05, 0.1) is 37.3 Å². The van der Waals surface area contributed by atoms with Crippen LogP contribution in [0.1, 0.15) is 48.6 Å². The monoisotopic (exact) mass is 1010 g/mol. The van der Waals surface area contributed by atoms with Gasteiger partial charge in [0.25, 0.3) is 10.1 Å². The highest BCUT2D eigenvalue weighted by atomic mass is 79.9. The summed E-state index contributed by atoms with van der Waals surface area (Å²) in [4.78, 5) is 23.6. The smallest absolute Gasteiger partial charge is 0.348 e. The molecule has 17 heteroatoms. The number of phenols is 1. The van der Waals surface area contributed by atoms with E-state index in [1.807, 2.05) is 37.3 Å². The predicted octanol–water partition coefficient (Wildman–Crippen LogP) is 11.3. The van der Waals surface area contributed by atoms with E-state index in [0.717, 1.165) is 11.1 Å². The summed E-state index contributed by atoms with van der Waals surface area (Å²) in [5, 5.41) is 11.3. The number of phenolic OH excluding ortho intramolecular Hbond substituents is 1. The summed E-state index contributed by atoms with van der Waals surface area (Å²) < 4.78 is 63.0. The first-order valence-electron chi connectivity index (χ1n) is 20.0. The van der Waals surface area contributed by atoms with Crippen LogP contribution in [0.15, 0.2) is 100 Å². The molecule has 0 amide bonds. The molecule has 6 rings (SSSR count). The fourth-order valence-corrected chi connectivity index (χ4v) is 9.76. The molecule has 0 aliphatic heterocycles. The minimum atomic E-state index is -4.15. The Bertz CT molecular complexity index is 2720. The third-order valence-corrected chi connectivity index (χ3v) is 13.6. The number of hydrogen-bond acceptors (Lipinski definition) is 13. The number of carbonyl (C=O) groups excluding carboxylic acids is 1. The first-order valence-corrected chi connectivity index (χ1v) is 23.7. The van der Waals surface area contributed by atoms with Gasteiger partial charge in [0, 0.05) is 17.5 Å². The van der Waals surface area contributed by atoms with Crippen LogP contribution in [-0.2, 0) is 41.6 Å². The highest BCUT2D eigenvalue weighted by Crippen LogP contribution is 2.52. The summed E-state index contributed by atoms with van der Waals surface area (Å²) in [6.07, 6.45) is 0.589. The Hall–Kier alpha value is -4.74. The van der Waals surface area contributed by atoms with E-state index >= 15 is 0 Å². The average Bonchev–Trinajstić information content (AvgIpc) is 3.58. The molecule has 2 unspecified atom stereocenters. The number of fused-ring (bicyclic) bond motifs is 1. The zero-order chi connectivity index (χ0) is 46.3. The van der Waals surface area contributed by atoms with E-state index < -0.39 is 40.5 Å². The Morgan fingerprint density at radius 2 is 1.62 bits per heavy atom. The number of esters is 1. The summed E-state index contributed by atoms with van der Waals surface area (Å²) in [7, 11) is -4.15. The molecule has 64 heavy (non-hydrogen) atoms. The summed E-state index contributed by atoms with van der Waals surface area (Å²) >= 11 is 19.3. The van der Waals surface area contributed by atoms with E-state index in [1.54, 1.807) is 58.9 Å². The molecule has 4 aromatic carbocycles. The van der Waals surface area contributed by atoms with Crippen LogP contribution in [0.25, 0.3) is 21.3 Å². The number of rotatable bonds is 19. The first kappa shape index (κ1) is 48.7. The summed E-state index contributed by atoms with van der Waals surface area (Å²) in [5.74, 6) is -0.0917. The molecule has 2 aromatic heterocycles. The third-order valence-electron chi connectivity index (χ3n) is 9.62. The lowest BCUT2D eigenvalue weighted by molar-refractivity contribution is -0.163. The number of thiophene rings is 1. The van der Waals surface area contributed by atoms with Crippen LogP contribution in [0.3, 0.4) is 0 Å². The number of aromatic hydroxyl groups is 1. The second-order valence-electron chi connectivity index (χ2n) is 15.7. The minimum Gasteiger partial charge on any atom is -0.508 e. The van der Waals surface area contributed by atoms with Crippen LogP contribution < -0.4 is 14.2 Å². The van der Waals surface area contributed by atoms with Gasteiger partial charge in [0.1, 0.15) is 47.6 Å². The van der Waals surface area contributed by atoms with Crippen molar-refractivity contribution in [1.82, 2.24) is 9.97 Å². The van der Waals surface area contributed by atoms with Crippen molar-refractivity contribution in [2.24, 2.45) is 0 Å².